The van der Waals surface area contributed by atoms with Crippen molar-refractivity contribution in [2.75, 3.05) is 19.7 Å². The molecule has 2 aliphatic rings. The van der Waals surface area contributed by atoms with E-state index in [1.165, 1.54) is 51.6 Å². The number of likely N-dealkylation sites (tertiary alicyclic amines) is 1. The molecule has 2 atom stereocenters. The molecule has 1 N–H and O–H groups in total. The van der Waals surface area contributed by atoms with E-state index in [-0.39, 0.29) is 5.54 Å². The van der Waals surface area contributed by atoms with Gasteiger partial charge in [0.15, 0.2) is 0 Å². The van der Waals surface area contributed by atoms with E-state index < -0.39 is 0 Å². The van der Waals surface area contributed by atoms with Crippen LogP contribution < -0.4 is 0 Å². The number of aliphatic hydroxyl groups is 1. The minimum Gasteiger partial charge on any atom is -0.394 e. The predicted octanol–water partition coefficient (Wildman–Crippen LogP) is 2.66. The van der Waals surface area contributed by atoms with Crippen molar-refractivity contribution in [1.29, 1.82) is 0 Å². The molecule has 1 aliphatic heterocycles. The smallest absolute Gasteiger partial charge is 0.0615 e. The summed E-state index contributed by atoms with van der Waals surface area (Å²) < 4.78 is 0. The lowest BCUT2D eigenvalue weighted by Crippen LogP contribution is -2.56. The Bertz CT molecular complexity index is 223. The Labute approximate surface area is 100 Å². The van der Waals surface area contributed by atoms with E-state index in [1.807, 2.05) is 0 Å². The van der Waals surface area contributed by atoms with Gasteiger partial charge in [-0.25, -0.2) is 0 Å². The number of hydrogen-bond acceptors (Lipinski definition) is 2. The van der Waals surface area contributed by atoms with Gasteiger partial charge in [-0.05, 0) is 50.6 Å². The van der Waals surface area contributed by atoms with Crippen molar-refractivity contribution in [3.8, 4) is 0 Å². The van der Waals surface area contributed by atoms with Gasteiger partial charge in [-0.1, -0.05) is 26.7 Å². The summed E-state index contributed by atoms with van der Waals surface area (Å²) in [5.41, 5.74) is 0.137. The third-order valence-electron chi connectivity index (χ3n) is 4.82. The maximum atomic E-state index is 9.84. The first-order chi connectivity index (χ1) is 7.66. The highest BCUT2D eigenvalue weighted by molar-refractivity contribution is 4.95. The van der Waals surface area contributed by atoms with Crippen LogP contribution in [-0.2, 0) is 0 Å². The van der Waals surface area contributed by atoms with E-state index >= 15 is 0 Å². The van der Waals surface area contributed by atoms with E-state index in [0.29, 0.717) is 6.61 Å². The summed E-state index contributed by atoms with van der Waals surface area (Å²) in [6, 6.07) is 0. The number of rotatable bonds is 2. The van der Waals surface area contributed by atoms with Crippen molar-refractivity contribution in [2.45, 2.75) is 57.9 Å². The first-order valence-corrected chi connectivity index (χ1v) is 7.02. The third kappa shape index (κ3) is 2.43. The second-order valence-corrected chi connectivity index (χ2v) is 6.25. The van der Waals surface area contributed by atoms with Gasteiger partial charge in [0.1, 0.15) is 0 Å². The first kappa shape index (κ1) is 12.4. The number of aliphatic hydroxyl groups excluding tert-OH is 1. The van der Waals surface area contributed by atoms with Crippen LogP contribution in [0.5, 0.6) is 0 Å². The minimum atomic E-state index is 0.137. The minimum absolute atomic E-state index is 0.137. The van der Waals surface area contributed by atoms with Gasteiger partial charge in [0.05, 0.1) is 6.61 Å². The highest BCUT2D eigenvalue weighted by Crippen LogP contribution is 2.38. The molecule has 2 nitrogen and oxygen atoms in total. The van der Waals surface area contributed by atoms with Crippen LogP contribution in [0.3, 0.4) is 0 Å². The average Bonchev–Trinajstić information content (AvgIpc) is 2.29. The molecule has 94 valence electrons. The van der Waals surface area contributed by atoms with Crippen molar-refractivity contribution < 1.29 is 5.11 Å². The highest BCUT2D eigenvalue weighted by atomic mass is 16.3. The van der Waals surface area contributed by atoms with Crippen molar-refractivity contribution in [1.82, 2.24) is 4.90 Å². The van der Waals surface area contributed by atoms with Crippen LogP contribution in [0.1, 0.15) is 52.4 Å². The molecule has 0 aromatic carbocycles. The van der Waals surface area contributed by atoms with Crippen LogP contribution in [-0.4, -0.2) is 35.2 Å². The molecule has 0 aromatic heterocycles. The van der Waals surface area contributed by atoms with Gasteiger partial charge in [0, 0.05) is 5.54 Å². The first-order valence-electron chi connectivity index (χ1n) is 7.02. The van der Waals surface area contributed by atoms with Gasteiger partial charge >= 0.3 is 0 Å². The Kier molecular flexibility index (Phi) is 3.91. The Balaban J connectivity index is 2.02. The SMILES string of the molecule is CC1CCN(C2(CO)CCCC(C)C2)CC1. The fourth-order valence-electron chi connectivity index (χ4n) is 3.65. The van der Waals surface area contributed by atoms with Gasteiger partial charge in [-0.15, -0.1) is 0 Å². The molecule has 1 saturated heterocycles. The predicted molar refractivity (Wildman–Crippen MR) is 67.4 cm³/mol. The van der Waals surface area contributed by atoms with Crippen LogP contribution >= 0.6 is 0 Å². The van der Waals surface area contributed by atoms with Crippen LogP contribution in [0.15, 0.2) is 0 Å². The lowest BCUT2D eigenvalue weighted by molar-refractivity contribution is -0.0294. The zero-order valence-electron chi connectivity index (χ0n) is 10.9. The highest BCUT2D eigenvalue weighted by Gasteiger charge is 2.40. The van der Waals surface area contributed by atoms with E-state index in [0.717, 1.165) is 11.8 Å². The molecule has 0 aromatic rings. The summed E-state index contributed by atoms with van der Waals surface area (Å²) in [7, 11) is 0. The largest absolute Gasteiger partial charge is 0.394 e. The van der Waals surface area contributed by atoms with Crippen LogP contribution in [0.2, 0.25) is 0 Å². The monoisotopic (exact) mass is 225 g/mol. The Hall–Kier alpha value is -0.0800. The lowest BCUT2D eigenvalue weighted by Gasteiger charge is -2.49. The molecule has 0 spiro atoms. The fourth-order valence-corrected chi connectivity index (χ4v) is 3.65. The summed E-state index contributed by atoms with van der Waals surface area (Å²) in [4.78, 5) is 2.60. The molecule has 0 bridgehead atoms. The van der Waals surface area contributed by atoms with E-state index in [1.54, 1.807) is 0 Å². The van der Waals surface area contributed by atoms with Gasteiger partial charge in [0.2, 0.25) is 0 Å². The van der Waals surface area contributed by atoms with Crippen molar-refractivity contribution in [3.63, 3.8) is 0 Å². The molecule has 1 heterocycles. The van der Waals surface area contributed by atoms with Gasteiger partial charge in [-0.3, -0.25) is 4.90 Å². The van der Waals surface area contributed by atoms with Crippen LogP contribution in [0.4, 0.5) is 0 Å². The quantitative estimate of drug-likeness (QED) is 0.781. The van der Waals surface area contributed by atoms with Crippen molar-refractivity contribution in [2.24, 2.45) is 11.8 Å². The van der Waals surface area contributed by atoms with E-state index in [9.17, 15) is 5.11 Å². The second kappa shape index (κ2) is 5.05. The molecule has 0 amide bonds. The molecule has 0 radical (unpaired) electrons. The molecule has 1 aliphatic carbocycles. The van der Waals surface area contributed by atoms with Crippen LogP contribution in [0.25, 0.3) is 0 Å². The summed E-state index contributed by atoms with van der Waals surface area (Å²) in [5, 5.41) is 9.84. The Morgan fingerprint density at radius 1 is 1.12 bits per heavy atom. The summed E-state index contributed by atoms with van der Waals surface area (Å²) in [6.45, 7) is 7.47. The Morgan fingerprint density at radius 2 is 1.81 bits per heavy atom. The van der Waals surface area contributed by atoms with Crippen molar-refractivity contribution in [3.05, 3.63) is 0 Å². The fraction of sp³-hybridized carbons (Fsp3) is 1.00. The zero-order valence-corrected chi connectivity index (χ0v) is 10.9. The lowest BCUT2D eigenvalue weighted by atomic mass is 9.74. The topological polar surface area (TPSA) is 23.5 Å². The molecule has 2 unspecified atom stereocenters. The molecule has 16 heavy (non-hydrogen) atoms. The van der Waals surface area contributed by atoms with Gasteiger partial charge in [-0.2, -0.15) is 0 Å². The Morgan fingerprint density at radius 3 is 2.38 bits per heavy atom. The number of hydrogen-bond donors (Lipinski definition) is 1. The maximum absolute atomic E-state index is 9.84. The summed E-state index contributed by atoms with van der Waals surface area (Å²) >= 11 is 0. The average molecular weight is 225 g/mol. The normalized spacial score (nSPS) is 38.8. The molecular weight excluding hydrogens is 198 g/mol. The van der Waals surface area contributed by atoms with Crippen LogP contribution in [0, 0.1) is 11.8 Å². The molecule has 2 fully saturated rings. The van der Waals surface area contributed by atoms with Crippen molar-refractivity contribution >= 4 is 0 Å². The molecule has 2 heteroatoms. The molecule has 2 rings (SSSR count). The van der Waals surface area contributed by atoms with Gasteiger partial charge in [0.25, 0.3) is 0 Å². The number of piperidine rings is 1. The molecule has 1 saturated carbocycles. The van der Waals surface area contributed by atoms with E-state index in [2.05, 4.69) is 18.7 Å². The molecular formula is C14H27NO. The standard InChI is InChI=1S/C14H27NO/c1-12-5-8-15(9-6-12)14(11-16)7-3-4-13(2)10-14/h12-13,16H,3-11H2,1-2H3. The third-order valence-corrected chi connectivity index (χ3v) is 4.82. The number of nitrogens with zero attached hydrogens (tertiary/aromatic N) is 1. The van der Waals surface area contributed by atoms with Gasteiger partial charge < -0.3 is 5.11 Å². The van der Waals surface area contributed by atoms with E-state index in [4.69, 9.17) is 0 Å². The second-order valence-electron chi connectivity index (χ2n) is 6.25. The maximum Gasteiger partial charge on any atom is 0.0615 e. The summed E-state index contributed by atoms with van der Waals surface area (Å²) in [6.07, 6.45) is 7.70. The zero-order chi connectivity index (χ0) is 11.6. The summed E-state index contributed by atoms with van der Waals surface area (Å²) in [5.74, 6) is 1.67.